The van der Waals surface area contributed by atoms with E-state index in [0.717, 1.165) is 18.4 Å². The molecule has 8 nitrogen and oxygen atoms in total. The lowest BCUT2D eigenvalue weighted by molar-refractivity contribution is -0.125. The first kappa shape index (κ1) is 24.2. The molecule has 1 saturated carbocycles. The van der Waals surface area contributed by atoms with Gasteiger partial charge in [-0.2, -0.15) is 0 Å². The van der Waals surface area contributed by atoms with Gasteiger partial charge in [0.05, 0.1) is 35.7 Å². The summed E-state index contributed by atoms with van der Waals surface area (Å²) in [5.41, 5.74) is 8.21. The van der Waals surface area contributed by atoms with Gasteiger partial charge in [-0.3, -0.25) is 14.2 Å². The molecule has 5 rings (SSSR count). The second-order valence-corrected chi connectivity index (χ2v) is 9.02. The molecule has 37 heavy (non-hydrogen) atoms. The fraction of sp³-hybridized carbons (Fsp3) is 0.214. The van der Waals surface area contributed by atoms with Crippen molar-refractivity contribution in [2.75, 3.05) is 25.9 Å². The summed E-state index contributed by atoms with van der Waals surface area (Å²) in [6, 6.07) is 9.90. The highest BCUT2D eigenvalue weighted by Gasteiger charge is 2.28. The number of aromatic nitrogens is 3. The number of fused-ring (bicyclic) bond motifs is 1. The highest BCUT2D eigenvalue weighted by molar-refractivity contribution is 5.87. The lowest BCUT2D eigenvalue weighted by Crippen LogP contribution is -2.29. The van der Waals surface area contributed by atoms with Crippen LogP contribution >= 0.6 is 0 Å². The Hall–Kier alpha value is -4.53. The second-order valence-electron chi connectivity index (χ2n) is 9.02. The van der Waals surface area contributed by atoms with Crippen LogP contribution in [-0.4, -0.2) is 45.5 Å². The molecule has 0 saturated heterocycles. The first-order valence-electron chi connectivity index (χ1n) is 11.9. The minimum absolute atomic E-state index is 0.0647. The highest BCUT2D eigenvalue weighted by Crippen LogP contribution is 2.43. The van der Waals surface area contributed by atoms with Gasteiger partial charge in [-0.1, -0.05) is 18.7 Å². The largest absolute Gasteiger partial charge is 0.489 e. The molecule has 4 aromatic rings. The Morgan fingerprint density at radius 3 is 2.73 bits per heavy atom. The van der Waals surface area contributed by atoms with E-state index in [1.165, 1.54) is 34.0 Å². The van der Waals surface area contributed by atoms with Gasteiger partial charge >= 0.3 is 0 Å². The van der Waals surface area contributed by atoms with Crippen molar-refractivity contribution in [3.63, 3.8) is 0 Å². The summed E-state index contributed by atoms with van der Waals surface area (Å²) in [5, 5.41) is 0.715. The van der Waals surface area contributed by atoms with E-state index < -0.39 is 11.4 Å². The minimum atomic E-state index is -0.549. The van der Waals surface area contributed by atoms with Crippen LogP contribution in [0.4, 0.5) is 10.1 Å². The lowest BCUT2D eigenvalue weighted by atomic mass is 10.0. The van der Waals surface area contributed by atoms with Gasteiger partial charge in [-0.25, -0.2) is 14.4 Å². The van der Waals surface area contributed by atoms with Crippen molar-refractivity contribution in [3.8, 4) is 22.8 Å². The number of rotatable bonds is 8. The fourth-order valence-corrected chi connectivity index (χ4v) is 4.27. The Bertz CT molecular complexity index is 1560. The maximum absolute atomic E-state index is 14.8. The topological polar surface area (TPSA) is 103 Å². The number of nitrogens with zero attached hydrogens (tertiary/aromatic N) is 4. The molecular weight excluding hydrogens is 473 g/mol. The Morgan fingerprint density at radius 1 is 1.27 bits per heavy atom. The van der Waals surface area contributed by atoms with Gasteiger partial charge in [0, 0.05) is 18.8 Å². The molecule has 2 N–H and O–H groups in total. The standard InChI is InChI=1S/C28H26FN5O3/c1-3-25(35)33(2)11-12-37-19-14-31-27(32-15-19)18-9-10-23(30)24(13-18)34-16-21(17-7-8-17)20-5-4-6-22(29)26(20)28(34)36/h3-6,9-10,13-17H,1,7-8,11-12,30H2,2H3. The van der Waals surface area contributed by atoms with Crippen LogP contribution in [0, 0.1) is 5.82 Å². The average Bonchev–Trinajstić information content (AvgIpc) is 3.75. The van der Waals surface area contributed by atoms with E-state index in [0.29, 0.717) is 46.4 Å². The predicted octanol–water partition coefficient (Wildman–Crippen LogP) is 4.07. The second kappa shape index (κ2) is 9.85. The first-order valence-corrected chi connectivity index (χ1v) is 11.9. The fourth-order valence-electron chi connectivity index (χ4n) is 4.27. The van der Waals surface area contributed by atoms with Gasteiger partial charge in [-0.05, 0) is 60.1 Å². The van der Waals surface area contributed by atoms with Crippen molar-refractivity contribution in [2.45, 2.75) is 18.8 Å². The number of hydrogen-bond donors (Lipinski definition) is 1. The van der Waals surface area contributed by atoms with Crippen LogP contribution in [-0.2, 0) is 4.79 Å². The predicted molar refractivity (Wildman–Crippen MR) is 140 cm³/mol. The Morgan fingerprint density at radius 2 is 2.03 bits per heavy atom. The Balaban J connectivity index is 1.45. The van der Waals surface area contributed by atoms with Crippen LogP contribution in [0.15, 0.2) is 72.4 Å². The number of anilines is 1. The molecule has 0 spiro atoms. The number of nitrogen functional groups attached to an aromatic ring is 1. The number of hydrogen-bond acceptors (Lipinski definition) is 6. The third-order valence-corrected chi connectivity index (χ3v) is 6.47. The molecule has 0 atom stereocenters. The van der Waals surface area contributed by atoms with Crippen molar-refractivity contribution in [2.24, 2.45) is 0 Å². The third kappa shape index (κ3) is 4.80. The van der Waals surface area contributed by atoms with Crippen molar-refractivity contribution in [3.05, 3.63) is 89.4 Å². The smallest absolute Gasteiger partial charge is 0.266 e. The van der Waals surface area contributed by atoms with E-state index >= 15 is 0 Å². The number of likely N-dealkylation sites (N-methyl/N-ethyl adjacent to an activating group) is 1. The summed E-state index contributed by atoms with van der Waals surface area (Å²) >= 11 is 0. The van der Waals surface area contributed by atoms with Gasteiger partial charge in [0.1, 0.15) is 12.4 Å². The zero-order valence-corrected chi connectivity index (χ0v) is 20.4. The molecule has 0 radical (unpaired) electrons. The van der Waals surface area contributed by atoms with Crippen LogP contribution in [0.1, 0.15) is 24.3 Å². The van der Waals surface area contributed by atoms with Crippen LogP contribution in [0.2, 0.25) is 0 Å². The van der Waals surface area contributed by atoms with E-state index in [9.17, 15) is 14.0 Å². The number of nitrogens with two attached hydrogens (primary N) is 1. The van der Waals surface area contributed by atoms with Gasteiger partial charge in [0.2, 0.25) is 5.91 Å². The monoisotopic (exact) mass is 499 g/mol. The van der Waals surface area contributed by atoms with E-state index in [-0.39, 0.29) is 17.9 Å². The number of halogens is 1. The van der Waals surface area contributed by atoms with Gasteiger partial charge in [-0.15, -0.1) is 0 Å². The summed E-state index contributed by atoms with van der Waals surface area (Å²) in [6.45, 7) is 4.12. The van der Waals surface area contributed by atoms with Crippen LogP contribution < -0.4 is 16.0 Å². The van der Waals surface area contributed by atoms with Crippen molar-refractivity contribution in [1.82, 2.24) is 19.4 Å². The summed E-state index contributed by atoms with van der Waals surface area (Å²) in [7, 11) is 1.66. The zero-order chi connectivity index (χ0) is 26.1. The molecule has 2 heterocycles. The minimum Gasteiger partial charge on any atom is -0.489 e. The van der Waals surface area contributed by atoms with Crippen molar-refractivity contribution >= 4 is 22.4 Å². The van der Waals surface area contributed by atoms with Crippen molar-refractivity contribution < 1.29 is 13.9 Å². The molecule has 1 fully saturated rings. The molecular formula is C28H26FN5O3. The third-order valence-electron chi connectivity index (χ3n) is 6.47. The molecule has 0 aliphatic heterocycles. The average molecular weight is 500 g/mol. The number of carbonyl (C=O) groups is 1. The van der Waals surface area contributed by atoms with E-state index in [1.54, 1.807) is 43.6 Å². The highest BCUT2D eigenvalue weighted by atomic mass is 19.1. The number of amides is 1. The molecule has 2 aromatic heterocycles. The molecule has 0 bridgehead atoms. The molecule has 2 aromatic carbocycles. The van der Waals surface area contributed by atoms with E-state index in [4.69, 9.17) is 10.5 Å². The Kier molecular flexibility index (Phi) is 6.43. The van der Waals surface area contributed by atoms with Crippen molar-refractivity contribution in [1.29, 1.82) is 0 Å². The normalized spacial score (nSPS) is 12.9. The SMILES string of the molecule is C=CC(=O)N(C)CCOc1cnc(-c2ccc(N)c(-n3cc(C4CC4)c4cccc(F)c4c3=O)c2)nc1. The maximum atomic E-state index is 14.8. The maximum Gasteiger partial charge on any atom is 0.266 e. The summed E-state index contributed by atoms with van der Waals surface area (Å²) in [6.07, 6.45) is 8.11. The van der Waals surface area contributed by atoms with E-state index in [2.05, 4.69) is 16.5 Å². The molecule has 1 aliphatic carbocycles. The summed E-state index contributed by atoms with van der Waals surface area (Å²) in [4.78, 5) is 35.2. The molecule has 188 valence electrons. The summed E-state index contributed by atoms with van der Waals surface area (Å²) < 4.78 is 21.8. The number of ether oxygens (including phenoxy) is 1. The number of benzene rings is 2. The molecule has 1 aliphatic rings. The Labute approximate surface area is 212 Å². The van der Waals surface area contributed by atoms with Crippen LogP contribution in [0.5, 0.6) is 5.75 Å². The lowest BCUT2D eigenvalue weighted by Gasteiger charge is -2.16. The number of pyridine rings is 1. The molecule has 9 heteroatoms. The van der Waals surface area contributed by atoms with Gasteiger partial charge in [0.25, 0.3) is 5.56 Å². The molecule has 0 unspecified atom stereocenters. The van der Waals surface area contributed by atoms with Gasteiger partial charge in [0.15, 0.2) is 11.6 Å². The first-order chi connectivity index (χ1) is 17.9. The molecule has 1 amide bonds. The van der Waals surface area contributed by atoms with Crippen LogP contribution in [0.25, 0.3) is 27.8 Å². The summed E-state index contributed by atoms with van der Waals surface area (Å²) in [5.74, 6) is 0.426. The van der Waals surface area contributed by atoms with Gasteiger partial charge < -0.3 is 15.4 Å². The quantitative estimate of drug-likeness (QED) is 0.290. The van der Waals surface area contributed by atoms with Crippen LogP contribution in [0.3, 0.4) is 0 Å². The number of carbonyl (C=O) groups excluding carboxylic acids is 1. The zero-order valence-electron chi connectivity index (χ0n) is 20.4. The van der Waals surface area contributed by atoms with E-state index in [1.807, 2.05) is 0 Å².